The molecule has 0 aliphatic heterocycles. The van der Waals surface area contributed by atoms with Crippen LogP contribution in [0.15, 0.2) is 32.0 Å². The molecular weight excluding hydrogens is 374 g/mol. The number of rotatable bonds is 5. The smallest absolute Gasteiger partial charge is 0.243 e. The summed E-state index contributed by atoms with van der Waals surface area (Å²) in [5.41, 5.74) is 0. The molecule has 0 saturated heterocycles. The van der Waals surface area contributed by atoms with Crippen LogP contribution in [-0.4, -0.2) is 38.0 Å². The molecule has 0 heterocycles. The van der Waals surface area contributed by atoms with Crippen LogP contribution >= 0.6 is 31.9 Å². The van der Waals surface area contributed by atoms with E-state index in [1.165, 1.54) is 11.4 Å². The fraction of sp³-hybridized carbons (Fsp3) is 0.400. The quantitative estimate of drug-likeness (QED) is 0.843. The van der Waals surface area contributed by atoms with Crippen molar-refractivity contribution in [2.45, 2.75) is 11.3 Å². The Morgan fingerprint density at radius 2 is 2.00 bits per heavy atom. The highest BCUT2D eigenvalue weighted by Crippen LogP contribution is 2.27. The fourth-order valence-corrected chi connectivity index (χ4v) is 4.18. The van der Waals surface area contributed by atoms with E-state index in [1.54, 1.807) is 18.2 Å². The van der Waals surface area contributed by atoms with E-state index in [1.807, 2.05) is 0 Å². The molecule has 0 aliphatic rings. The number of halogens is 2. The molecule has 0 saturated carbocycles. The highest BCUT2D eigenvalue weighted by Gasteiger charge is 2.22. The predicted molar refractivity (Wildman–Crippen MR) is 73.4 cm³/mol. The molecule has 4 nitrogen and oxygen atoms in total. The standard InChI is InChI=1S/C10H13Br2NO3S/c1-13(5-2-6-14)17(15,16)10-4-3-8(11)7-9(10)12/h3-4,7,14H,2,5-6H2,1H3. The van der Waals surface area contributed by atoms with E-state index < -0.39 is 10.0 Å². The van der Waals surface area contributed by atoms with Crippen molar-refractivity contribution in [2.24, 2.45) is 0 Å². The van der Waals surface area contributed by atoms with E-state index in [4.69, 9.17) is 5.11 Å². The molecule has 7 heteroatoms. The fourth-order valence-electron chi connectivity index (χ4n) is 1.27. The zero-order valence-electron chi connectivity index (χ0n) is 9.23. The van der Waals surface area contributed by atoms with Crippen molar-refractivity contribution < 1.29 is 13.5 Å². The van der Waals surface area contributed by atoms with Crippen molar-refractivity contribution in [1.82, 2.24) is 4.31 Å². The van der Waals surface area contributed by atoms with Crippen LogP contribution < -0.4 is 0 Å². The Morgan fingerprint density at radius 1 is 1.35 bits per heavy atom. The Hall–Kier alpha value is 0.0500. The van der Waals surface area contributed by atoms with Crippen LogP contribution in [0.2, 0.25) is 0 Å². The maximum absolute atomic E-state index is 12.2. The molecule has 0 bridgehead atoms. The summed E-state index contributed by atoms with van der Waals surface area (Å²) < 4.78 is 26.9. The number of hydrogen-bond acceptors (Lipinski definition) is 3. The summed E-state index contributed by atoms with van der Waals surface area (Å²) in [6.45, 7) is 0.267. The van der Waals surface area contributed by atoms with Crippen LogP contribution in [-0.2, 0) is 10.0 Å². The molecule has 17 heavy (non-hydrogen) atoms. The first-order valence-corrected chi connectivity index (χ1v) is 7.94. The Labute approximate surface area is 118 Å². The summed E-state index contributed by atoms with van der Waals surface area (Å²) >= 11 is 6.50. The average molecular weight is 387 g/mol. The summed E-state index contributed by atoms with van der Waals surface area (Å²) in [5, 5.41) is 8.71. The van der Waals surface area contributed by atoms with Crippen molar-refractivity contribution >= 4 is 41.9 Å². The van der Waals surface area contributed by atoms with Gasteiger partial charge in [0, 0.05) is 29.1 Å². The number of aliphatic hydroxyl groups excluding tert-OH is 1. The second kappa shape index (κ2) is 6.29. The lowest BCUT2D eigenvalue weighted by Crippen LogP contribution is -2.28. The molecule has 0 atom stereocenters. The van der Waals surface area contributed by atoms with Gasteiger partial charge in [-0.25, -0.2) is 12.7 Å². The van der Waals surface area contributed by atoms with Crippen LogP contribution in [0.5, 0.6) is 0 Å². The van der Waals surface area contributed by atoms with Crippen LogP contribution in [0.3, 0.4) is 0 Å². The molecule has 0 spiro atoms. The first-order chi connectivity index (χ1) is 7.89. The summed E-state index contributed by atoms with van der Waals surface area (Å²) in [7, 11) is -2.00. The van der Waals surface area contributed by atoms with Crippen LogP contribution in [0.25, 0.3) is 0 Å². The Balaban J connectivity index is 3.04. The summed E-state index contributed by atoms with van der Waals surface area (Å²) in [5.74, 6) is 0. The lowest BCUT2D eigenvalue weighted by molar-refractivity contribution is 0.275. The van der Waals surface area contributed by atoms with Crippen molar-refractivity contribution in [2.75, 3.05) is 20.2 Å². The van der Waals surface area contributed by atoms with E-state index in [2.05, 4.69) is 31.9 Å². The molecule has 0 unspecified atom stereocenters. The van der Waals surface area contributed by atoms with Crippen LogP contribution in [0.4, 0.5) is 0 Å². The van der Waals surface area contributed by atoms with Crippen molar-refractivity contribution in [3.8, 4) is 0 Å². The molecule has 1 aromatic rings. The summed E-state index contributed by atoms with van der Waals surface area (Å²) in [6.07, 6.45) is 0.421. The zero-order chi connectivity index (χ0) is 13.1. The minimum Gasteiger partial charge on any atom is -0.396 e. The monoisotopic (exact) mass is 385 g/mol. The van der Waals surface area contributed by atoms with Crippen molar-refractivity contribution in [3.05, 3.63) is 27.1 Å². The minimum atomic E-state index is -3.50. The average Bonchev–Trinajstić information content (AvgIpc) is 2.25. The van der Waals surface area contributed by atoms with Gasteiger partial charge in [0.2, 0.25) is 10.0 Å². The van der Waals surface area contributed by atoms with Gasteiger partial charge in [0.05, 0.1) is 4.90 Å². The Bertz CT molecular complexity index is 490. The lowest BCUT2D eigenvalue weighted by atomic mass is 10.4. The van der Waals surface area contributed by atoms with Gasteiger partial charge in [-0.15, -0.1) is 0 Å². The van der Waals surface area contributed by atoms with Crippen molar-refractivity contribution in [3.63, 3.8) is 0 Å². The van der Waals surface area contributed by atoms with Gasteiger partial charge >= 0.3 is 0 Å². The second-order valence-corrected chi connectivity index (χ2v) is 7.26. The Kier molecular flexibility index (Phi) is 5.59. The molecule has 0 amide bonds. The number of aliphatic hydroxyl groups is 1. The zero-order valence-corrected chi connectivity index (χ0v) is 13.2. The third-order valence-corrected chi connectivity index (χ3v) is 5.54. The number of hydrogen-bond donors (Lipinski definition) is 1. The molecule has 1 rings (SSSR count). The van der Waals surface area contributed by atoms with Gasteiger partial charge in [0.25, 0.3) is 0 Å². The van der Waals surface area contributed by atoms with Gasteiger partial charge in [-0.05, 0) is 40.5 Å². The predicted octanol–water partition coefficient (Wildman–Crippen LogP) is 2.21. The number of sulfonamides is 1. The summed E-state index contributed by atoms with van der Waals surface area (Å²) in [6, 6.07) is 4.91. The van der Waals surface area contributed by atoms with Crippen molar-refractivity contribution in [1.29, 1.82) is 0 Å². The first-order valence-electron chi connectivity index (χ1n) is 4.92. The molecule has 1 aromatic carbocycles. The maximum atomic E-state index is 12.2. The van der Waals surface area contributed by atoms with E-state index in [9.17, 15) is 8.42 Å². The SMILES string of the molecule is CN(CCCO)S(=O)(=O)c1ccc(Br)cc1Br. The van der Waals surface area contributed by atoms with Gasteiger partial charge in [0.15, 0.2) is 0 Å². The third-order valence-electron chi connectivity index (χ3n) is 2.21. The molecule has 96 valence electrons. The van der Waals surface area contributed by atoms with Gasteiger partial charge in [-0.1, -0.05) is 15.9 Å². The lowest BCUT2D eigenvalue weighted by Gasteiger charge is -2.17. The third kappa shape index (κ3) is 3.75. The van der Waals surface area contributed by atoms with Crippen LogP contribution in [0, 0.1) is 0 Å². The normalized spacial score (nSPS) is 12.1. The molecule has 0 radical (unpaired) electrons. The van der Waals surface area contributed by atoms with E-state index in [0.717, 1.165) is 4.47 Å². The Morgan fingerprint density at radius 3 is 2.53 bits per heavy atom. The topological polar surface area (TPSA) is 57.6 Å². The van der Waals surface area contributed by atoms with E-state index in [-0.39, 0.29) is 11.5 Å². The van der Waals surface area contributed by atoms with Crippen LogP contribution in [0.1, 0.15) is 6.42 Å². The second-order valence-electron chi connectivity index (χ2n) is 3.48. The highest BCUT2D eigenvalue weighted by molar-refractivity contribution is 9.11. The van der Waals surface area contributed by atoms with Gasteiger partial charge in [-0.2, -0.15) is 0 Å². The maximum Gasteiger partial charge on any atom is 0.243 e. The van der Waals surface area contributed by atoms with E-state index in [0.29, 0.717) is 17.4 Å². The van der Waals surface area contributed by atoms with Gasteiger partial charge in [0.1, 0.15) is 0 Å². The van der Waals surface area contributed by atoms with E-state index >= 15 is 0 Å². The van der Waals surface area contributed by atoms with Gasteiger partial charge in [-0.3, -0.25) is 0 Å². The molecule has 0 fully saturated rings. The van der Waals surface area contributed by atoms with Gasteiger partial charge < -0.3 is 5.11 Å². The first kappa shape index (κ1) is 15.1. The largest absolute Gasteiger partial charge is 0.396 e. The highest BCUT2D eigenvalue weighted by atomic mass is 79.9. The molecule has 0 aromatic heterocycles. The molecule has 1 N–H and O–H groups in total. The molecular formula is C10H13Br2NO3S. The number of benzene rings is 1. The molecule has 0 aliphatic carbocycles. The summed E-state index contributed by atoms with van der Waals surface area (Å²) in [4.78, 5) is 0.223. The minimum absolute atomic E-state index is 0.0264. The number of nitrogens with zero attached hydrogens (tertiary/aromatic N) is 1.